The summed E-state index contributed by atoms with van der Waals surface area (Å²) in [7, 11) is 0. The van der Waals surface area contributed by atoms with Crippen LogP contribution in [0.4, 0.5) is 4.39 Å². The molecule has 2 atom stereocenters. The summed E-state index contributed by atoms with van der Waals surface area (Å²) in [6.45, 7) is 4.14. The van der Waals surface area contributed by atoms with E-state index in [1.54, 1.807) is 23.3 Å². The van der Waals surface area contributed by atoms with Gasteiger partial charge >= 0.3 is 0 Å². The van der Waals surface area contributed by atoms with Gasteiger partial charge in [0, 0.05) is 36.5 Å². The van der Waals surface area contributed by atoms with Crippen LogP contribution in [0.1, 0.15) is 60.1 Å². The Balaban J connectivity index is 1.29. The van der Waals surface area contributed by atoms with Gasteiger partial charge in [-0.15, -0.1) is 11.3 Å². The Hall–Kier alpha value is -1.27. The number of ether oxygens (including phenoxy) is 2. The maximum atomic E-state index is 13.6. The second-order valence-corrected chi connectivity index (χ2v) is 10.3. The van der Waals surface area contributed by atoms with Crippen molar-refractivity contribution in [3.8, 4) is 0 Å². The van der Waals surface area contributed by atoms with Crippen molar-refractivity contribution < 1.29 is 13.9 Å². The van der Waals surface area contributed by atoms with Crippen molar-refractivity contribution in [1.82, 2.24) is 5.32 Å². The highest BCUT2D eigenvalue weighted by Gasteiger charge is 2.48. The minimum atomic E-state index is -0.167. The van der Waals surface area contributed by atoms with Gasteiger partial charge in [0.15, 0.2) is 0 Å². The van der Waals surface area contributed by atoms with E-state index in [1.165, 1.54) is 36.1 Å². The van der Waals surface area contributed by atoms with Gasteiger partial charge in [0.05, 0.1) is 12.2 Å². The topological polar surface area (TPSA) is 30.5 Å². The standard InChI is InChI=1S/C25H32FNO2S/c26-21-7-5-20(6-8-21)24(10-14-29-25(17-24)11-13-28-18-25)9-12-27-15-23-22-4-2-1-3-19(22)16-30-23/h5-8,16,27H,1-4,9-15,17-18H2/t24-,25-/m1/s1. The van der Waals surface area contributed by atoms with Gasteiger partial charge < -0.3 is 14.8 Å². The molecule has 1 spiro atoms. The van der Waals surface area contributed by atoms with Crippen LogP contribution in [0, 0.1) is 5.82 Å². The maximum Gasteiger partial charge on any atom is 0.123 e. The molecule has 2 saturated heterocycles. The lowest BCUT2D eigenvalue weighted by atomic mass is 9.66. The molecule has 30 heavy (non-hydrogen) atoms. The first-order valence-electron chi connectivity index (χ1n) is 11.4. The molecular weight excluding hydrogens is 397 g/mol. The highest BCUT2D eigenvalue weighted by atomic mass is 32.1. The molecule has 1 aromatic carbocycles. The number of benzene rings is 1. The average Bonchev–Trinajstić information content (AvgIpc) is 3.39. The van der Waals surface area contributed by atoms with Crippen molar-refractivity contribution in [3.05, 3.63) is 57.0 Å². The van der Waals surface area contributed by atoms with Crippen molar-refractivity contribution in [2.45, 2.75) is 68.9 Å². The Morgan fingerprint density at radius 1 is 1.07 bits per heavy atom. The first kappa shape index (κ1) is 20.6. The summed E-state index contributed by atoms with van der Waals surface area (Å²) in [5, 5.41) is 6.10. The van der Waals surface area contributed by atoms with Gasteiger partial charge in [-0.1, -0.05) is 12.1 Å². The molecule has 0 bridgehead atoms. The third kappa shape index (κ3) is 4.10. The van der Waals surface area contributed by atoms with Crippen LogP contribution >= 0.6 is 11.3 Å². The second-order valence-electron chi connectivity index (χ2n) is 9.34. The van der Waals surface area contributed by atoms with Crippen molar-refractivity contribution >= 4 is 11.3 Å². The zero-order valence-corrected chi connectivity index (χ0v) is 18.5. The minimum Gasteiger partial charge on any atom is -0.378 e. The van der Waals surface area contributed by atoms with Gasteiger partial charge in [-0.2, -0.15) is 0 Å². The van der Waals surface area contributed by atoms with E-state index in [0.717, 1.165) is 52.0 Å². The summed E-state index contributed by atoms with van der Waals surface area (Å²) in [6, 6.07) is 7.19. The fourth-order valence-electron chi connectivity index (χ4n) is 5.74. The van der Waals surface area contributed by atoms with E-state index < -0.39 is 0 Å². The third-order valence-corrected chi connectivity index (χ3v) is 8.51. The molecule has 1 aromatic heterocycles. The lowest BCUT2D eigenvalue weighted by molar-refractivity contribution is -0.108. The zero-order chi connectivity index (χ0) is 20.4. The molecule has 0 radical (unpaired) electrons. The van der Waals surface area contributed by atoms with E-state index in [0.29, 0.717) is 6.61 Å². The number of hydrogen-bond acceptors (Lipinski definition) is 4. The number of halogens is 1. The van der Waals surface area contributed by atoms with Crippen LogP contribution in [-0.4, -0.2) is 32.0 Å². The molecule has 3 heterocycles. The van der Waals surface area contributed by atoms with Crippen LogP contribution in [0.3, 0.4) is 0 Å². The molecule has 1 aliphatic carbocycles. The van der Waals surface area contributed by atoms with E-state index in [9.17, 15) is 4.39 Å². The first-order chi connectivity index (χ1) is 14.7. The average molecular weight is 430 g/mol. The zero-order valence-electron chi connectivity index (χ0n) is 17.7. The summed E-state index contributed by atoms with van der Waals surface area (Å²) in [5.74, 6) is -0.166. The van der Waals surface area contributed by atoms with E-state index >= 15 is 0 Å². The summed E-state index contributed by atoms with van der Waals surface area (Å²) in [4.78, 5) is 1.52. The van der Waals surface area contributed by atoms with Gasteiger partial charge in [-0.3, -0.25) is 0 Å². The summed E-state index contributed by atoms with van der Waals surface area (Å²) in [6.07, 6.45) is 9.11. The van der Waals surface area contributed by atoms with Gasteiger partial charge in [0.1, 0.15) is 5.82 Å². The smallest absolute Gasteiger partial charge is 0.123 e. The molecule has 2 aliphatic heterocycles. The predicted octanol–water partition coefficient (Wildman–Crippen LogP) is 5.15. The van der Waals surface area contributed by atoms with E-state index in [1.807, 2.05) is 23.5 Å². The second kappa shape index (κ2) is 8.70. The Morgan fingerprint density at radius 3 is 2.77 bits per heavy atom. The molecule has 5 heteroatoms. The van der Waals surface area contributed by atoms with Crippen LogP contribution in [0.15, 0.2) is 29.6 Å². The van der Waals surface area contributed by atoms with E-state index in [-0.39, 0.29) is 16.8 Å². The minimum absolute atomic E-state index is 0.0154. The number of aryl methyl sites for hydroxylation is 1. The Bertz CT molecular complexity index is 859. The molecule has 0 unspecified atom stereocenters. The van der Waals surface area contributed by atoms with Crippen molar-refractivity contribution in [3.63, 3.8) is 0 Å². The summed E-state index contributed by atoms with van der Waals surface area (Å²) in [5.41, 5.74) is 4.29. The largest absolute Gasteiger partial charge is 0.378 e. The molecule has 5 rings (SSSR count). The fraction of sp³-hybridized carbons (Fsp3) is 0.600. The number of fused-ring (bicyclic) bond motifs is 1. The van der Waals surface area contributed by atoms with E-state index in [4.69, 9.17) is 9.47 Å². The van der Waals surface area contributed by atoms with Crippen LogP contribution in [0.25, 0.3) is 0 Å². The lowest BCUT2D eigenvalue weighted by Crippen LogP contribution is -2.49. The number of hydrogen-bond donors (Lipinski definition) is 1. The summed E-state index contributed by atoms with van der Waals surface area (Å²) < 4.78 is 25.6. The highest BCUT2D eigenvalue weighted by Crippen LogP contribution is 2.47. The SMILES string of the molecule is Fc1ccc([C@]2(CCNCc3scc4c3CCCC4)CCO[C@]3(CCOC3)C2)cc1. The molecule has 2 aromatic rings. The first-order valence-corrected chi connectivity index (χ1v) is 12.3. The number of nitrogens with one attached hydrogen (secondary N) is 1. The van der Waals surface area contributed by atoms with Crippen LogP contribution in [0.5, 0.6) is 0 Å². The number of thiophene rings is 1. The van der Waals surface area contributed by atoms with Gasteiger partial charge in [0.2, 0.25) is 0 Å². The van der Waals surface area contributed by atoms with Gasteiger partial charge in [-0.25, -0.2) is 4.39 Å². The van der Waals surface area contributed by atoms with Crippen LogP contribution < -0.4 is 5.32 Å². The summed E-state index contributed by atoms with van der Waals surface area (Å²) >= 11 is 1.92. The molecular formula is C25H32FNO2S. The molecule has 0 amide bonds. The molecule has 0 saturated carbocycles. The monoisotopic (exact) mass is 429 g/mol. The van der Waals surface area contributed by atoms with E-state index in [2.05, 4.69) is 10.7 Å². The molecule has 162 valence electrons. The Kier molecular flexibility index (Phi) is 5.98. The lowest BCUT2D eigenvalue weighted by Gasteiger charge is -2.46. The molecule has 2 fully saturated rings. The maximum absolute atomic E-state index is 13.6. The van der Waals surface area contributed by atoms with Gasteiger partial charge in [-0.05, 0) is 85.7 Å². The van der Waals surface area contributed by atoms with Crippen LogP contribution in [0.2, 0.25) is 0 Å². The normalized spacial score (nSPS) is 28.7. The molecule has 3 aliphatic rings. The third-order valence-electron chi connectivity index (χ3n) is 7.43. The van der Waals surface area contributed by atoms with Gasteiger partial charge in [0.25, 0.3) is 0 Å². The van der Waals surface area contributed by atoms with Crippen LogP contribution in [-0.2, 0) is 34.3 Å². The van der Waals surface area contributed by atoms with Crippen molar-refractivity contribution in [1.29, 1.82) is 0 Å². The highest BCUT2D eigenvalue weighted by molar-refractivity contribution is 7.10. The molecule has 3 nitrogen and oxygen atoms in total. The Labute approximate surface area is 183 Å². The van der Waals surface area contributed by atoms with Crippen molar-refractivity contribution in [2.75, 3.05) is 26.4 Å². The Morgan fingerprint density at radius 2 is 1.93 bits per heavy atom. The fourth-order valence-corrected chi connectivity index (χ4v) is 6.84. The number of rotatable bonds is 6. The quantitative estimate of drug-likeness (QED) is 0.644. The van der Waals surface area contributed by atoms with Crippen molar-refractivity contribution in [2.24, 2.45) is 0 Å². The predicted molar refractivity (Wildman–Crippen MR) is 119 cm³/mol. The molecule has 1 N–H and O–H groups in total.